The molecule has 0 saturated heterocycles. The van der Waals surface area contributed by atoms with Gasteiger partial charge in [0, 0.05) is 16.7 Å². The summed E-state index contributed by atoms with van der Waals surface area (Å²) in [6, 6.07) is 10.1. The predicted octanol–water partition coefficient (Wildman–Crippen LogP) is 2.55. The van der Waals surface area contributed by atoms with Gasteiger partial charge < -0.3 is 0 Å². The largest absolute Gasteiger partial charge is 0.289 e. The number of nitrogens with two attached hydrogens (primary N) is 1. The molecule has 0 aliphatic rings. The Hall–Kier alpha value is -1.90. The molecule has 104 valence electrons. The zero-order chi connectivity index (χ0) is 14.5. The van der Waals surface area contributed by atoms with Crippen LogP contribution in [-0.4, -0.2) is 10.8 Å². The molecule has 1 amide bonds. The van der Waals surface area contributed by atoms with E-state index in [-0.39, 0.29) is 11.6 Å². The summed E-state index contributed by atoms with van der Waals surface area (Å²) in [7, 11) is 0. The van der Waals surface area contributed by atoms with Crippen LogP contribution in [0, 0.1) is 10.1 Å². The van der Waals surface area contributed by atoms with E-state index in [4.69, 9.17) is 5.84 Å². The maximum Gasteiger partial charge on any atom is 0.282 e. The molecule has 0 atom stereocenters. The van der Waals surface area contributed by atoms with Crippen molar-refractivity contribution in [1.29, 1.82) is 0 Å². The van der Waals surface area contributed by atoms with Gasteiger partial charge in [0.15, 0.2) is 0 Å². The molecule has 20 heavy (non-hydrogen) atoms. The number of hydrogen-bond donors (Lipinski definition) is 2. The van der Waals surface area contributed by atoms with Crippen molar-refractivity contribution >= 4 is 34.7 Å². The number of nitrogen functional groups attached to an aromatic ring is 1. The number of nitrogens with one attached hydrogen (secondary N) is 1. The van der Waals surface area contributed by atoms with Crippen LogP contribution in [0.1, 0.15) is 14.5 Å². The van der Waals surface area contributed by atoms with E-state index in [1.807, 2.05) is 6.07 Å². The molecule has 0 fully saturated rings. The number of benzene rings is 1. The number of hydrazine groups is 1. The minimum Gasteiger partial charge on any atom is -0.289 e. The number of carbonyl (C=O) groups excluding carboxylic acids is 1. The molecule has 8 heteroatoms. The Labute approximate surface area is 123 Å². The van der Waals surface area contributed by atoms with Crippen LogP contribution in [0.25, 0.3) is 0 Å². The summed E-state index contributed by atoms with van der Waals surface area (Å²) in [4.78, 5) is 23.9. The van der Waals surface area contributed by atoms with Gasteiger partial charge in [0.1, 0.15) is 0 Å². The van der Waals surface area contributed by atoms with Gasteiger partial charge in [0.2, 0.25) is 0 Å². The molecule has 2 aromatic rings. The molecule has 1 aromatic heterocycles. The highest BCUT2D eigenvalue weighted by Gasteiger charge is 2.14. The first-order valence-corrected chi connectivity index (χ1v) is 7.38. The monoisotopic (exact) mass is 309 g/mol. The van der Waals surface area contributed by atoms with Gasteiger partial charge in [-0.05, 0) is 18.2 Å². The lowest BCUT2D eigenvalue weighted by atomic mass is 10.3. The first-order chi connectivity index (χ1) is 9.61. The Morgan fingerprint density at radius 2 is 2.10 bits per heavy atom. The molecule has 6 nitrogen and oxygen atoms in total. The fourth-order valence-electron chi connectivity index (χ4n) is 1.53. The zero-order valence-corrected chi connectivity index (χ0v) is 11.9. The van der Waals surface area contributed by atoms with Gasteiger partial charge in [-0.15, -0.1) is 23.1 Å². The number of hydrogen-bond acceptors (Lipinski definition) is 6. The minimum absolute atomic E-state index is 0.0916. The summed E-state index contributed by atoms with van der Waals surface area (Å²) in [5, 5.41) is 10.9. The molecular formula is C12H11N3O3S2. The lowest BCUT2D eigenvalue weighted by Gasteiger charge is -2.01. The molecule has 0 bridgehead atoms. The quantitative estimate of drug-likeness (QED) is 0.291. The predicted molar refractivity (Wildman–Crippen MR) is 78.6 cm³/mol. The number of carbonyl (C=O) groups is 1. The van der Waals surface area contributed by atoms with Gasteiger partial charge >= 0.3 is 0 Å². The van der Waals surface area contributed by atoms with Crippen molar-refractivity contribution < 1.29 is 9.72 Å². The van der Waals surface area contributed by atoms with Gasteiger partial charge in [-0.25, -0.2) is 5.84 Å². The van der Waals surface area contributed by atoms with E-state index in [0.717, 1.165) is 4.88 Å². The first-order valence-electron chi connectivity index (χ1n) is 5.57. The van der Waals surface area contributed by atoms with E-state index in [1.165, 1.54) is 29.2 Å². The highest BCUT2D eigenvalue weighted by molar-refractivity contribution is 7.98. The second kappa shape index (κ2) is 6.51. The summed E-state index contributed by atoms with van der Waals surface area (Å²) in [6.45, 7) is 0. The van der Waals surface area contributed by atoms with Crippen LogP contribution < -0.4 is 11.3 Å². The highest BCUT2D eigenvalue weighted by Crippen LogP contribution is 2.32. The van der Waals surface area contributed by atoms with Crippen molar-refractivity contribution in [3.8, 4) is 0 Å². The lowest BCUT2D eigenvalue weighted by Crippen LogP contribution is -2.29. The smallest absolute Gasteiger partial charge is 0.282 e. The molecule has 1 heterocycles. The lowest BCUT2D eigenvalue weighted by molar-refractivity contribution is -0.387. The number of thiophene rings is 1. The standard InChI is InChI=1S/C12H11N3O3S2/c13-14-12(16)11-6-5-8(20-11)7-19-10-4-2-1-3-9(10)15(17)18/h1-6H,7,13H2,(H,14,16). The van der Waals surface area contributed by atoms with Gasteiger partial charge in [-0.1, -0.05) is 12.1 Å². The molecular weight excluding hydrogens is 298 g/mol. The van der Waals surface area contributed by atoms with Crippen LogP contribution in [0.4, 0.5) is 5.69 Å². The molecule has 0 aliphatic heterocycles. The van der Waals surface area contributed by atoms with Gasteiger partial charge in [-0.3, -0.25) is 20.3 Å². The molecule has 2 rings (SSSR count). The fraction of sp³-hybridized carbons (Fsp3) is 0.0833. The summed E-state index contributed by atoms with van der Waals surface area (Å²) >= 11 is 2.68. The van der Waals surface area contributed by atoms with E-state index in [1.54, 1.807) is 24.3 Å². The van der Waals surface area contributed by atoms with Crippen molar-refractivity contribution in [3.05, 3.63) is 56.3 Å². The highest BCUT2D eigenvalue weighted by atomic mass is 32.2. The summed E-state index contributed by atoms with van der Waals surface area (Å²) in [6.07, 6.45) is 0. The second-order valence-corrected chi connectivity index (χ2v) is 5.94. The van der Waals surface area contributed by atoms with Gasteiger partial charge in [0.25, 0.3) is 11.6 Å². The summed E-state index contributed by atoms with van der Waals surface area (Å²) < 4.78 is 0. The van der Waals surface area contributed by atoms with Crippen molar-refractivity contribution in [3.63, 3.8) is 0 Å². The van der Waals surface area contributed by atoms with Crippen molar-refractivity contribution in [2.75, 3.05) is 0 Å². The van der Waals surface area contributed by atoms with E-state index in [9.17, 15) is 14.9 Å². The van der Waals surface area contributed by atoms with E-state index < -0.39 is 4.92 Å². The van der Waals surface area contributed by atoms with Crippen LogP contribution in [0.5, 0.6) is 0 Å². The Balaban J connectivity index is 2.07. The Morgan fingerprint density at radius 1 is 1.35 bits per heavy atom. The molecule has 0 spiro atoms. The van der Waals surface area contributed by atoms with Crippen LogP contribution in [0.15, 0.2) is 41.3 Å². The average molecular weight is 309 g/mol. The van der Waals surface area contributed by atoms with Gasteiger partial charge in [0.05, 0.1) is 14.7 Å². The van der Waals surface area contributed by atoms with Crippen molar-refractivity contribution in [1.82, 2.24) is 5.43 Å². The van der Waals surface area contributed by atoms with Gasteiger partial charge in [-0.2, -0.15) is 0 Å². The normalized spacial score (nSPS) is 10.2. The van der Waals surface area contributed by atoms with Crippen molar-refractivity contribution in [2.45, 2.75) is 10.6 Å². The third-order valence-corrected chi connectivity index (χ3v) is 4.83. The topological polar surface area (TPSA) is 98.3 Å². The van der Waals surface area contributed by atoms with Crippen LogP contribution in [0.2, 0.25) is 0 Å². The molecule has 0 radical (unpaired) electrons. The number of rotatable bonds is 5. The number of amides is 1. The Kier molecular flexibility index (Phi) is 4.72. The number of thioether (sulfide) groups is 1. The Bertz CT molecular complexity index is 642. The van der Waals surface area contributed by atoms with Crippen LogP contribution in [0.3, 0.4) is 0 Å². The number of nitro benzene ring substituents is 1. The SMILES string of the molecule is NNC(=O)c1ccc(CSc2ccccc2[N+](=O)[O-])s1. The number of nitrogens with zero attached hydrogens (tertiary/aromatic N) is 1. The van der Waals surface area contributed by atoms with E-state index >= 15 is 0 Å². The summed E-state index contributed by atoms with van der Waals surface area (Å²) in [5.74, 6) is 5.29. The molecule has 0 aliphatic carbocycles. The van der Waals surface area contributed by atoms with E-state index in [2.05, 4.69) is 5.43 Å². The van der Waals surface area contributed by atoms with E-state index in [0.29, 0.717) is 15.5 Å². The summed E-state index contributed by atoms with van der Waals surface area (Å²) in [5.41, 5.74) is 2.16. The fourth-order valence-corrected chi connectivity index (χ4v) is 3.51. The second-order valence-electron chi connectivity index (χ2n) is 3.75. The third-order valence-electron chi connectivity index (χ3n) is 2.45. The van der Waals surface area contributed by atoms with Crippen LogP contribution in [-0.2, 0) is 5.75 Å². The van der Waals surface area contributed by atoms with Crippen molar-refractivity contribution in [2.24, 2.45) is 5.84 Å². The zero-order valence-electron chi connectivity index (χ0n) is 10.2. The van der Waals surface area contributed by atoms with Crippen LogP contribution >= 0.6 is 23.1 Å². The Morgan fingerprint density at radius 3 is 2.80 bits per heavy atom. The number of nitro groups is 1. The first kappa shape index (κ1) is 14.5. The molecule has 0 unspecified atom stereocenters. The minimum atomic E-state index is -0.399. The maximum atomic E-state index is 11.3. The molecule has 1 aromatic carbocycles. The molecule has 3 N–H and O–H groups in total. The maximum absolute atomic E-state index is 11.3. The number of para-hydroxylation sites is 1. The third kappa shape index (κ3) is 3.35. The molecule has 0 saturated carbocycles. The average Bonchev–Trinajstić information content (AvgIpc) is 2.93.